The van der Waals surface area contributed by atoms with E-state index in [0.717, 1.165) is 61.0 Å². The third-order valence-electron chi connectivity index (χ3n) is 4.41. The Morgan fingerprint density at radius 1 is 0.923 bits per heavy atom. The molecule has 0 fully saturated rings. The zero-order chi connectivity index (χ0) is 19.2. The normalized spacial score (nSPS) is 15.0. The van der Waals surface area contributed by atoms with E-state index in [1.165, 1.54) is 0 Å². The summed E-state index contributed by atoms with van der Waals surface area (Å²) in [5.74, 6) is 0.959. The average molecular weight is 369 g/mol. The molecular weight excluding hydrogens is 336 g/mol. The number of allylic oxidation sites excluding steroid dienone is 2. The van der Waals surface area contributed by atoms with Crippen molar-refractivity contribution in [1.82, 2.24) is 0 Å². The molecule has 0 aromatic heterocycles. The molecule has 0 unspecified atom stereocenters. The van der Waals surface area contributed by atoms with Crippen LogP contribution in [-0.2, 0) is 9.22 Å². The SMILES string of the molecule is CCCCC1=C(CCCC)C(O[Si](C)(C)C)=C=C(c2ccccc2)C1=O. The molecule has 2 nitrogen and oxygen atoms in total. The number of carbonyl (C=O) groups excluding carboxylic acids is 1. The quantitative estimate of drug-likeness (QED) is 0.359. The van der Waals surface area contributed by atoms with Crippen LogP contribution in [0, 0.1) is 0 Å². The van der Waals surface area contributed by atoms with Gasteiger partial charge in [-0.1, -0.05) is 62.8 Å². The van der Waals surface area contributed by atoms with Crippen molar-refractivity contribution in [3.05, 3.63) is 58.5 Å². The maximum absolute atomic E-state index is 13.3. The number of hydrogen-bond donors (Lipinski definition) is 0. The predicted molar refractivity (Wildman–Crippen MR) is 112 cm³/mol. The molecule has 1 aromatic carbocycles. The molecule has 1 aromatic rings. The zero-order valence-corrected chi connectivity index (χ0v) is 17.9. The molecule has 1 aliphatic carbocycles. The second-order valence-electron chi connectivity index (χ2n) is 7.90. The highest BCUT2D eigenvalue weighted by Gasteiger charge is 2.29. The summed E-state index contributed by atoms with van der Waals surface area (Å²) in [7, 11) is -1.80. The molecule has 3 heteroatoms. The van der Waals surface area contributed by atoms with Gasteiger partial charge >= 0.3 is 0 Å². The molecule has 0 atom stereocenters. The van der Waals surface area contributed by atoms with Crippen molar-refractivity contribution in [2.45, 2.75) is 72.0 Å². The number of carbonyl (C=O) groups is 1. The summed E-state index contributed by atoms with van der Waals surface area (Å²) in [6.45, 7) is 10.9. The average Bonchev–Trinajstić information content (AvgIpc) is 2.60. The van der Waals surface area contributed by atoms with Gasteiger partial charge in [0.15, 0.2) is 11.5 Å². The van der Waals surface area contributed by atoms with Gasteiger partial charge in [0.25, 0.3) is 0 Å². The topological polar surface area (TPSA) is 26.3 Å². The van der Waals surface area contributed by atoms with Gasteiger partial charge in [0.1, 0.15) is 0 Å². The lowest BCUT2D eigenvalue weighted by molar-refractivity contribution is -0.110. The lowest BCUT2D eigenvalue weighted by atomic mass is 9.85. The molecule has 1 aliphatic rings. The molecule has 0 aliphatic heterocycles. The van der Waals surface area contributed by atoms with E-state index in [2.05, 4.69) is 39.2 Å². The van der Waals surface area contributed by atoms with E-state index in [-0.39, 0.29) is 5.78 Å². The fourth-order valence-electron chi connectivity index (χ4n) is 3.11. The molecule has 0 spiro atoms. The Morgan fingerprint density at radius 2 is 1.50 bits per heavy atom. The van der Waals surface area contributed by atoms with Crippen molar-refractivity contribution in [3.8, 4) is 0 Å². The monoisotopic (exact) mass is 368 g/mol. The van der Waals surface area contributed by atoms with Crippen LogP contribution in [0.1, 0.15) is 57.9 Å². The van der Waals surface area contributed by atoms with Crippen LogP contribution in [0.3, 0.4) is 0 Å². The predicted octanol–water partition coefficient (Wildman–Crippen LogP) is 6.66. The largest absolute Gasteiger partial charge is 0.539 e. The van der Waals surface area contributed by atoms with Crippen LogP contribution in [0.2, 0.25) is 19.6 Å². The molecule has 140 valence electrons. The van der Waals surface area contributed by atoms with Gasteiger partial charge in [-0.3, -0.25) is 4.79 Å². The van der Waals surface area contributed by atoms with Crippen molar-refractivity contribution >= 4 is 19.7 Å². The highest BCUT2D eigenvalue weighted by molar-refractivity contribution is 6.70. The first kappa shape index (κ1) is 20.5. The first-order valence-electron chi connectivity index (χ1n) is 9.89. The van der Waals surface area contributed by atoms with Gasteiger partial charge in [-0.15, -0.1) is 0 Å². The Morgan fingerprint density at radius 3 is 2.04 bits per heavy atom. The Kier molecular flexibility index (Phi) is 7.25. The lowest BCUT2D eigenvalue weighted by Gasteiger charge is -2.27. The van der Waals surface area contributed by atoms with Crippen LogP contribution in [0.25, 0.3) is 5.57 Å². The van der Waals surface area contributed by atoms with Gasteiger partial charge in [0, 0.05) is 11.1 Å². The molecular formula is C23H32O2Si. The van der Waals surface area contributed by atoms with Crippen LogP contribution in [0.15, 0.2) is 53.0 Å². The highest BCUT2D eigenvalue weighted by Crippen LogP contribution is 2.35. The van der Waals surface area contributed by atoms with E-state index < -0.39 is 8.32 Å². The van der Waals surface area contributed by atoms with E-state index in [9.17, 15) is 4.79 Å². The fourth-order valence-corrected chi connectivity index (χ4v) is 3.89. The third kappa shape index (κ3) is 5.33. The fraction of sp³-hybridized carbons (Fsp3) is 0.478. The van der Waals surface area contributed by atoms with Crippen LogP contribution < -0.4 is 0 Å². The molecule has 0 saturated carbocycles. The maximum atomic E-state index is 13.3. The van der Waals surface area contributed by atoms with Crippen LogP contribution in [0.4, 0.5) is 0 Å². The summed E-state index contributed by atoms with van der Waals surface area (Å²) < 4.78 is 6.41. The van der Waals surface area contributed by atoms with Gasteiger partial charge in [0.05, 0.1) is 5.57 Å². The number of Topliss-reactive ketones (excluding diaryl/α,β-unsaturated/α-hetero) is 1. The van der Waals surface area contributed by atoms with E-state index in [1.54, 1.807) is 0 Å². The summed E-state index contributed by atoms with van der Waals surface area (Å²) in [6.07, 6.45) is 6.00. The second-order valence-corrected chi connectivity index (χ2v) is 12.3. The van der Waals surface area contributed by atoms with Crippen molar-refractivity contribution < 1.29 is 9.22 Å². The van der Waals surface area contributed by atoms with Crippen molar-refractivity contribution in [2.24, 2.45) is 0 Å². The Hall–Kier alpha value is -1.83. The molecule has 0 heterocycles. The Labute approximate surface area is 159 Å². The van der Waals surface area contributed by atoms with Crippen LogP contribution in [-0.4, -0.2) is 14.1 Å². The van der Waals surface area contributed by atoms with Gasteiger partial charge in [0.2, 0.25) is 8.32 Å². The van der Waals surface area contributed by atoms with E-state index >= 15 is 0 Å². The number of ketones is 1. The standard InChI is InChI=1S/C23H32O2Si/c1-6-8-15-19-20(16-9-7-2)23(24)21(18-13-11-10-12-14-18)17-22(19)25-26(3,4)5/h10-14H,6-9,15-16H2,1-5H3. The minimum atomic E-state index is -1.80. The first-order chi connectivity index (χ1) is 12.4. The maximum Gasteiger partial charge on any atom is 0.243 e. The smallest absolute Gasteiger partial charge is 0.243 e. The van der Waals surface area contributed by atoms with Crippen molar-refractivity contribution in [3.63, 3.8) is 0 Å². The lowest BCUT2D eigenvalue weighted by Crippen LogP contribution is -2.27. The van der Waals surface area contributed by atoms with E-state index in [4.69, 9.17) is 4.43 Å². The number of benzene rings is 1. The second kappa shape index (κ2) is 9.20. The summed E-state index contributed by atoms with van der Waals surface area (Å²) in [6, 6.07) is 9.89. The highest BCUT2D eigenvalue weighted by atomic mass is 28.4. The molecule has 0 N–H and O–H groups in total. The van der Waals surface area contributed by atoms with Gasteiger partial charge in [-0.25, -0.2) is 0 Å². The first-order valence-corrected chi connectivity index (χ1v) is 13.3. The van der Waals surface area contributed by atoms with Crippen molar-refractivity contribution in [1.29, 1.82) is 0 Å². The van der Waals surface area contributed by atoms with Crippen LogP contribution >= 0.6 is 0 Å². The molecule has 2 rings (SSSR count). The molecule has 0 radical (unpaired) electrons. The van der Waals surface area contributed by atoms with Gasteiger partial charge in [-0.2, -0.15) is 0 Å². The zero-order valence-electron chi connectivity index (χ0n) is 16.9. The summed E-state index contributed by atoms with van der Waals surface area (Å²) in [5.41, 5.74) is 7.02. The molecule has 0 amide bonds. The molecule has 0 saturated heterocycles. The Balaban J connectivity index is 2.60. The number of unbranched alkanes of at least 4 members (excludes halogenated alkanes) is 2. The molecule has 26 heavy (non-hydrogen) atoms. The molecule has 0 bridgehead atoms. The van der Waals surface area contributed by atoms with Crippen molar-refractivity contribution in [2.75, 3.05) is 0 Å². The Bertz CT molecular complexity index is 729. The number of hydrogen-bond acceptors (Lipinski definition) is 2. The third-order valence-corrected chi connectivity index (χ3v) is 5.23. The number of rotatable bonds is 9. The summed E-state index contributed by atoms with van der Waals surface area (Å²) >= 11 is 0. The summed E-state index contributed by atoms with van der Waals surface area (Å²) in [5, 5.41) is 0. The van der Waals surface area contributed by atoms with E-state index in [1.807, 2.05) is 30.3 Å². The van der Waals surface area contributed by atoms with E-state index in [0.29, 0.717) is 5.57 Å². The van der Waals surface area contributed by atoms with Crippen LogP contribution in [0.5, 0.6) is 0 Å². The van der Waals surface area contributed by atoms with Gasteiger partial charge < -0.3 is 4.43 Å². The minimum Gasteiger partial charge on any atom is -0.539 e. The minimum absolute atomic E-state index is 0.138. The summed E-state index contributed by atoms with van der Waals surface area (Å²) in [4.78, 5) is 13.3. The van der Waals surface area contributed by atoms with Gasteiger partial charge in [-0.05, 0) is 50.9 Å².